The fourth-order valence-corrected chi connectivity index (χ4v) is 3.70. The Bertz CT molecular complexity index is 875. The fraction of sp³-hybridized carbons (Fsp3) is 0.364. The second-order valence-corrected chi connectivity index (χ2v) is 9.53. The van der Waals surface area contributed by atoms with Gasteiger partial charge in [0.25, 0.3) is 5.91 Å². The third kappa shape index (κ3) is 7.60. The van der Waals surface area contributed by atoms with Gasteiger partial charge in [0.2, 0.25) is 5.91 Å². The van der Waals surface area contributed by atoms with Crippen LogP contribution in [0.3, 0.4) is 0 Å². The van der Waals surface area contributed by atoms with Crippen LogP contribution >= 0.6 is 43.5 Å². The van der Waals surface area contributed by atoms with Gasteiger partial charge in [0, 0.05) is 22.6 Å². The quantitative estimate of drug-likeness (QED) is 0.445. The van der Waals surface area contributed by atoms with Crippen molar-refractivity contribution in [3.63, 3.8) is 0 Å². The normalized spacial score (nSPS) is 11.8. The topological polar surface area (TPSA) is 58.6 Å². The standard InChI is InChI=1S/C22H25Br2ClN2O3/c1-14(2)11-26-22(29)15(3)27(12-16-4-6-17(23)7-5-16)21(28)13-30-20-9-8-18(25)10-19(20)24/h4-10,14-15H,11-13H2,1-3H3,(H,26,29)/t15-/m0/s1. The van der Waals surface area contributed by atoms with Crippen LogP contribution in [-0.2, 0) is 16.1 Å². The van der Waals surface area contributed by atoms with E-state index in [1.807, 2.05) is 38.1 Å². The van der Waals surface area contributed by atoms with Crippen molar-refractivity contribution in [2.45, 2.75) is 33.4 Å². The van der Waals surface area contributed by atoms with Crippen molar-refractivity contribution in [1.29, 1.82) is 0 Å². The summed E-state index contributed by atoms with van der Waals surface area (Å²) in [4.78, 5) is 27.2. The monoisotopic (exact) mass is 558 g/mol. The predicted octanol–water partition coefficient (Wildman–Crippen LogP) is 5.43. The third-order valence-electron chi connectivity index (χ3n) is 4.36. The van der Waals surface area contributed by atoms with Gasteiger partial charge in [-0.15, -0.1) is 0 Å². The zero-order chi connectivity index (χ0) is 22.3. The van der Waals surface area contributed by atoms with E-state index in [0.29, 0.717) is 34.3 Å². The van der Waals surface area contributed by atoms with Gasteiger partial charge in [-0.25, -0.2) is 0 Å². The number of ether oxygens (including phenoxy) is 1. The molecule has 0 saturated heterocycles. The number of hydrogen-bond donors (Lipinski definition) is 1. The molecule has 2 rings (SSSR count). The summed E-state index contributed by atoms with van der Waals surface area (Å²) >= 11 is 12.7. The Morgan fingerprint density at radius 3 is 2.37 bits per heavy atom. The smallest absolute Gasteiger partial charge is 0.261 e. The van der Waals surface area contributed by atoms with E-state index in [4.69, 9.17) is 16.3 Å². The SMILES string of the molecule is CC(C)CNC(=O)[C@H](C)N(Cc1ccc(Br)cc1)C(=O)COc1ccc(Cl)cc1Br. The van der Waals surface area contributed by atoms with Crippen LogP contribution in [0.2, 0.25) is 5.02 Å². The minimum atomic E-state index is -0.642. The Hall–Kier alpha value is -1.57. The Labute approximate surface area is 199 Å². The summed E-state index contributed by atoms with van der Waals surface area (Å²) in [6, 6.07) is 12.1. The molecule has 2 amide bonds. The lowest BCUT2D eigenvalue weighted by atomic mass is 10.1. The van der Waals surface area contributed by atoms with E-state index in [1.54, 1.807) is 25.1 Å². The van der Waals surface area contributed by atoms with Crippen LogP contribution in [0.15, 0.2) is 51.4 Å². The zero-order valence-electron chi connectivity index (χ0n) is 17.1. The highest BCUT2D eigenvalue weighted by molar-refractivity contribution is 9.10. The first-order chi connectivity index (χ1) is 14.2. The lowest BCUT2D eigenvalue weighted by Gasteiger charge is -2.29. The van der Waals surface area contributed by atoms with Crippen LogP contribution in [0.1, 0.15) is 26.3 Å². The summed E-state index contributed by atoms with van der Waals surface area (Å²) in [5.74, 6) is 0.351. The molecule has 0 aliphatic rings. The number of amides is 2. The lowest BCUT2D eigenvalue weighted by molar-refractivity contribution is -0.142. The van der Waals surface area contributed by atoms with Crippen LogP contribution in [0.4, 0.5) is 0 Å². The molecule has 0 radical (unpaired) electrons. The maximum atomic E-state index is 13.0. The van der Waals surface area contributed by atoms with Gasteiger partial charge in [0.15, 0.2) is 6.61 Å². The van der Waals surface area contributed by atoms with Gasteiger partial charge in [0.1, 0.15) is 11.8 Å². The fourth-order valence-electron chi connectivity index (χ4n) is 2.64. The van der Waals surface area contributed by atoms with E-state index in [-0.39, 0.29) is 18.4 Å². The van der Waals surface area contributed by atoms with Crippen molar-refractivity contribution in [2.24, 2.45) is 5.92 Å². The maximum absolute atomic E-state index is 13.0. The summed E-state index contributed by atoms with van der Waals surface area (Å²) in [6.07, 6.45) is 0. The molecule has 0 spiro atoms. The number of carbonyl (C=O) groups excluding carboxylic acids is 2. The Morgan fingerprint density at radius 1 is 1.10 bits per heavy atom. The minimum Gasteiger partial charge on any atom is -0.483 e. The second-order valence-electron chi connectivity index (χ2n) is 7.33. The molecule has 2 aromatic rings. The maximum Gasteiger partial charge on any atom is 0.261 e. The van der Waals surface area contributed by atoms with Gasteiger partial charge in [-0.05, 0) is 64.7 Å². The first-order valence-corrected chi connectivity index (χ1v) is 11.5. The number of nitrogens with one attached hydrogen (secondary N) is 1. The van der Waals surface area contributed by atoms with Gasteiger partial charge < -0.3 is 15.0 Å². The molecule has 30 heavy (non-hydrogen) atoms. The van der Waals surface area contributed by atoms with Gasteiger partial charge in [-0.1, -0.05) is 53.5 Å². The molecular weight excluding hydrogens is 536 g/mol. The van der Waals surface area contributed by atoms with Crippen molar-refractivity contribution < 1.29 is 14.3 Å². The van der Waals surface area contributed by atoms with E-state index in [0.717, 1.165) is 10.0 Å². The van der Waals surface area contributed by atoms with Crippen molar-refractivity contribution in [1.82, 2.24) is 10.2 Å². The van der Waals surface area contributed by atoms with Crippen LogP contribution < -0.4 is 10.1 Å². The highest BCUT2D eigenvalue weighted by Gasteiger charge is 2.26. The highest BCUT2D eigenvalue weighted by Crippen LogP contribution is 2.28. The van der Waals surface area contributed by atoms with Crippen LogP contribution in [0, 0.1) is 5.92 Å². The molecule has 0 aromatic heterocycles. The first kappa shape index (κ1) is 24.7. The predicted molar refractivity (Wildman–Crippen MR) is 127 cm³/mol. The molecule has 0 saturated carbocycles. The van der Waals surface area contributed by atoms with E-state index in [9.17, 15) is 9.59 Å². The first-order valence-electron chi connectivity index (χ1n) is 9.57. The summed E-state index contributed by atoms with van der Waals surface area (Å²) in [5, 5.41) is 3.46. The number of benzene rings is 2. The molecule has 2 aromatic carbocycles. The number of nitrogens with zero attached hydrogens (tertiary/aromatic N) is 1. The van der Waals surface area contributed by atoms with Crippen LogP contribution in [0.25, 0.3) is 0 Å². The molecule has 0 unspecified atom stereocenters. The van der Waals surface area contributed by atoms with Crippen molar-refractivity contribution >= 4 is 55.3 Å². The van der Waals surface area contributed by atoms with E-state index < -0.39 is 6.04 Å². The number of carbonyl (C=O) groups is 2. The molecular formula is C22H25Br2ClN2O3. The summed E-state index contributed by atoms with van der Waals surface area (Å²) in [7, 11) is 0. The third-order valence-corrected chi connectivity index (χ3v) is 5.75. The van der Waals surface area contributed by atoms with E-state index >= 15 is 0 Å². The molecule has 162 valence electrons. The molecule has 5 nitrogen and oxygen atoms in total. The number of hydrogen-bond acceptors (Lipinski definition) is 3. The van der Waals surface area contributed by atoms with Crippen LogP contribution in [-0.4, -0.2) is 35.9 Å². The van der Waals surface area contributed by atoms with Gasteiger partial charge in [-0.2, -0.15) is 0 Å². The summed E-state index contributed by atoms with van der Waals surface area (Å²) in [6.45, 7) is 6.43. The second kappa shape index (κ2) is 11.7. The highest BCUT2D eigenvalue weighted by atomic mass is 79.9. The molecule has 0 aliphatic heterocycles. The largest absolute Gasteiger partial charge is 0.483 e. The van der Waals surface area contributed by atoms with Crippen molar-refractivity contribution in [3.8, 4) is 5.75 Å². The minimum absolute atomic E-state index is 0.193. The molecule has 0 bridgehead atoms. The molecule has 0 fully saturated rings. The summed E-state index contributed by atoms with van der Waals surface area (Å²) in [5.41, 5.74) is 0.919. The molecule has 1 atom stereocenters. The lowest BCUT2D eigenvalue weighted by Crippen LogP contribution is -2.49. The Balaban J connectivity index is 2.14. The number of rotatable bonds is 9. The Morgan fingerprint density at radius 2 is 1.77 bits per heavy atom. The summed E-state index contributed by atoms with van der Waals surface area (Å²) < 4.78 is 7.29. The van der Waals surface area contributed by atoms with Crippen LogP contribution in [0.5, 0.6) is 5.75 Å². The van der Waals surface area contributed by atoms with E-state index in [2.05, 4.69) is 37.2 Å². The average molecular weight is 561 g/mol. The molecule has 1 N–H and O–H groups in total. The number of halogens is 3. The van der Waals surface area contributed by atoms with Crippen molar-refractivity contribution in [3.05, 3.63) is 62.0 Å². The zero-order valence-corrected chi connectivity index (χ0v) is 21.1. The molecule has 0 aliphatic carbocycles. The van der Waals surface area contributed by atoms with Gasteiger partial charge >= 0.3 is 0 Å². The van der Waals surface area contributed by atoms with Gasteiger partial charge in [-0.3, -0.25) is 9.59 Å². The Kier molecular flexibility index (Phi) is 9.65. The molecule has 0 heterocycles. The van der Waals surface area contributed by atoms with Gasteiger partial charge in [0.05, 0.1) is 4.47 Å². The average Bonchev–Trinajstić information content (AvgIpc) is 2.70. The van der Waals surface area contributed by atoms with E-state index in [1.165, 1.54) is 4.90 Å². The molecule has 8 heteroatoms. The van der Waals surface area contributed by atoms with Crippen molar-refractivity contribution in [2.75, 3.05) is 13.2 Å².